The van der Waals surface area contributed by atoms with E-state index in [4.69, 9.17) is 4.74 Å². The maximum atomic E-state index is 14.1. The maximum absolute atomic E-state index is 14.1. The van der Waals surface area contributed by atoms with Gasteiger partial charge in [-0.25, -0.2) is 0 Å². The highest BCUT2D eigenvalue weighted by Gasteiger charge is 2.63. The predicted molar refractivity (Wildman–Crippen MR) is 217 cm³/mol. The van der Waals surface area contributed by atoms with Crippen molar-refractivity contribution in [2.45, 2.75) is 145 Å². The molecule has 1 aromatic rings. The molecule has 0 spiro atoms. The molecule has 0 saturated heterocycles. The van der Waals surface area contributed by atoms with Crippen molar-refractivity contribution in [3.05, 3.63) is 41.2 Å². The fraction of sp³-hybridized carbons (Fsp3) is 0.761. The molecule has 0 aliphatic heterocycles. The van der Waals surface area contributed by atoms with Gasteiger partial charge in [-0.05, 0) is 111 Å². The Kier molecular flexibility index (Phi) is 12.8. The minimum absolute atomic E-state index is 0.00915. The molecule has 10 heteroatoms. The Labute approximate surface area is 336 Å². The van der Waals surface area contributed by atoms with Gasteiger partial charge in [-0.3, -0.25) is 29.1 Å². The fourth-order valence-corrected chi connectivity index (χ4v) is 12.2. The van der Waals surface area contributed by atoms with Crippen LogP contribution in [0.4, 0.5) is 0 Å². The number of aromatic nitrogens is 1. The van der Waals surface area contributed by atoms with E-state index in [9.17, 15) is 29.4 Å². The van der Waals surface area contributed by atoms with Crippen LogP contribution >= 0.6 is 0 Å². The van der Waals surface area contributed by atoms with Crippen LogP contribution in [-0.4, -0.2) is 88.0 Å². The number of carboxylic acids is 1. The number of hydrogen-bond acceptors (Lipinski definition) is 8. The van der Waals surface area contributed by atoms with Crippen molar-refractivity contribution in [1.29, 1.82) is 0 Å². The summed E-state index contributed by atoms with van der Waals surface area (Å²) in [7, 11) is 3.49. The largest absolute Gasteiger partial charge is 0.481 e. The van der Waals surface area contributed by atoms with Gasteiger partial charge in [0, 0.05) is 50.6 Å². The lowest BCUT2D eigenvalue weighted by Crippen LogP contribution is -2.57. The van der Waals surface area contributed by atoms with E-state index in [1.54, 1.807) is 39.0 Å². The number of aliphatic carboxylic acids is 1. The molecule has 3 saturated carbocycles. The third-order valence-electron chi connectivity index (χ3n) is 15.3. The van der Waals surface area contributed by atoms with Crippen molar-refractivity contribution >= 4 is 23.6 Å². The number of carbonyl (C=O) groups is 4. The van der Waals surface area contributed by atoms with E-state index >= 15 is 0 Å². The van der Waals surface area contributed by atoms with Crippen LogP contribution in [0.15, 0.2) is 35.5 Å². The quantitative estimate of drug-likeness (QED) is 0.182. The number of fused-ring (bicyclic) bond motifs is 3. The van der Waals surface area contributed by atoms with Crippen molar-refractivity contribution < 1.29 is 34.1 Å². The van der Waals surface area contributed by atoms with Crippen LogP contribution in [0.5, 0.6) is 0 Å². The average molecular weight is 778 g/mol. The highest BCUT2D eigenvalue weighted by Crippen LogP contribution is 2.68. The van der Waals surface area contributed by atoms with Gasteiger partial charge in [0.1, 0.15) is 6.10 Å². The fourth-order valence-electron chi connectivity index (χ4n) is 12.2. The molecule has 56 heavy (non-hydrogen) atoms. The molecule has 5 rings (SSSR count). The number of aliphatic hydroxyl groups is 1. The summed E-state index contributed by atoms with van der Waals surface area (Å²) in [6.45, 7) is 19.8. The Hall–Kier alpha value is -3.11. The van der Waals surface area contributed by atoms with Crippen LogP contribution in [0.2, 0.25) is 0 Å². The second kappa shape index (κ2) is 16.3. The SMILES string of the molecule is CCC1C(C)(C)C(OC(=O)CC(C)(C)C(=O)O)CCC1(C)C1CCC2C3=C(C(C)C)C(=O)CC3(C(O)CN(CC(=O)N(C)C)Cc3ccccn3)CCC2(C)C1. The molecule has 312 valence electrons. The van der Waals surface area contributed by atoms with Gasteiger partial charge in [0.2, 0.25) is 5.91 Å². The predicted octanol–water partition coefficient (Wildman–Crippen LogP) is 7.73. The standard InChI is InChI=1S/C46H71N3O7/c1-12-34-43(6,7)36(56-38(53)25-42(4,5)41(54)55)18-19-45(34,9)30-16-17-32-40-39(29(2)3)33(50)24-46(40,21-20-44(32,8)23-30)35(51)27-49(28-37(52)48(10)11)26-31-15-13-14-22-47-31/h13-15,22,29-30,32,34-36,51H,12,16-21,23-28H2,1-11H3,(H,54,55). The molecule has 3 fully saturated rings. The second-order valence-corrected chi connectivity index (χ2v) is 20.4. The summed E-state index contributed by atoms with van der Waals surface area (Å²) in [4.78, 5) is 60.1. The van der Waals surface area contributed by atoms with E-state index < -0.39 is 28.9 Å². The molecule has 0 bridgehead atoms. The van der Waals surface area contributed by atoms with Gasteiger partial charge in [0.25, 0.3) is 0 Å². The van der Waals surface area contributed by atoms with Crippen molar-refractivity contribution in [2.75, 3.05) is 27.2 Å². The van der Waals surface area contributed by atoms with E-state index in [2.05, 4.69) is 53.5 Å². The lowest BCUT2D eigenvalue weighted by molar-refractivity contribution is -0.182. The molecular weight excluding hydrogens is 707 g/mol. The normalized spacial score (nSPS) is 32.2. The van der Waals surface area contributed by atoms with E-state index in [1.165, 1.54) is 5.57 Å². The van der Waals surface area contributed by atoms with Gasteiger partial charge in [-0.1, -0.05) is 66.5 Å². The number of carboxylic acid groups (broad SMARTS) is 1. The van der Waals surface area contributed by atoms with E-state index in [1.807, 2.05) is 23.1 Å². The topological polar surface area (TPSA) is 137 Å². The minimum atomic E-state index is -1.19. The molecular formula is C46H71N3O7. The molecule has 1 heterocycles. The van der Waals surface area contributed by atoms with Crippen molar-refractivity contribution in [3.63, 3.8) is 0 Å². The van der Waals surface area contributed by atoms with Gasteiger partial charge >= 0.3 is 11.9 Å². The van der Waals surface area contributed by atoms with Crippen LogP contribution < -0.4 is 0 Å². The second-order valence-electron chi connectivity index (χ2n) is 20.4. The van der Waals surface area contributed by atoms with Crippen LogP contribution in [0.3, 0.4) is 0 Å². The number of ketones is 1. The third kappa shape index (κ3) is 8.25. The van der Waals surface area contributed by atoms with E-state index in [-0.39, 0.29) is 71.3 Å². The van der Waals surface area contributed by atoms with Crippen LogP contribution in [-0.2, 0) is 30.5 Å². The summed E-state index contributed by atoms with van der Waals surface area (Å²) < 4.78 is 6.14. The highest BCUT2D eigenvalue weighted by atomic mass is 16.5. The molecule has 8 atom stereocenters. The number of rotatable bonds is 14. The van der Waals surface area contributed by atoms with Crippen molar-refractivity contribution in [2.24, 2.45) is 50.7 Å². The first-order valence-electron chi connectivity index (χ1n) is 21.2. The summed E-state index contributed by atoms with van der Waals surface area (Å²) in [6.07, 6.45) is 8.10. The number of allylic oxidation sites excluding steroid dienone is 1. The number of amides is 1. The zero-order chi connectivity index (χ0) is 41.6. The number of aliphatic hydroxyl groups excluding tert-OH is 1. The van der Waals surface area contributed by atoms with Gasteiger partial charge in [0.15, 0.2) is 5.78 Å². The van der Waals surface area contributed by atoms with Crippen molar-refractivity contribution in [3.8, 4) is 0 Å². The number of pyridine rings is 1. The summed E-state index contributed by atoms with van der Waals surface area (Å²) in [6, 6.07) is 5.74. The molecule has 1 amide bonds. The first kappa shape index (κ1) is 44.0. The zero-order valence-corrected chi connectivity index (χ0v) is 36.2. The molecule has 10 nitrogen and oxygen atoms in total. The summed E-state index contributed by atoms with van der Waals surface area (Å²) in [5.74, 6) is -0.361. The molecule has 1 aromatic heterocycles. The van der Waals surface area contributed by atoms with Crippen LogP contribution in [0, 0.1) is 50.7 Å². The smallest absolute Gasteiger partial charge is 0.309 e. The number of likely N-dealkylation sites (N-methyl/N-ethyl adjacent to an activating group) is 1. The highest BCUT2D eigenvalue weighted by molar-refractivity contribution is 6.00. The molecule has 4 aliphatic carbocycles. The van der Waals surface area contributed by atoms with Gasteiger partial charge in [0.05, 0.1) is 30.2 Å². The van der Waals surface area contributed by atoms with E-state index in [0.29, 0.717) is 18.9 Å². The van der Waals surface area contributed by atoms with Gasteiger partial charge in [-0.2, -0.15) is 0 Å². The number of hydrogen-bond donors (Lipinski definition) is 2. The number of carbonyl (C=O) groups excluding carboxylic acids is 3. The number of esters is 1. The van der Waals surface area contributed by atoms with Crippen LogP contribution in [0.25, 0.3) is 0 Å². The van der Waals surface area contributed by atoms with E-state index in [0.717, 1.165) is 62.6 Å². The lowest BCUT2D eigenvalue weighted by Gasteiger charge is -2.62. The molecule has 2 N–H and O–H groups in total. The third-order valence-corrected chi connectivity index (χ3v) is 15.3. The average Bonchev–Trinajstić information content (AvgIpc) is 3.42. The molecule has 8 unspecified atom stereocenters. The monoisotopic (exact) mass is 778 g/mol. The van der Waals surface area contributed by atoms with Crippen LogP contribution in [0.1, 0.15) is 132 Å². The Morgan fingerprint density at radius 1 is 1.04 bits per heavy atom. The summed E-state index contributed by atoms with van der Waals surface area (Å²) in [5, 5.41) is 22.1. The number of Topliss-reactive ketones (excluding diaryl/α,β-unsaturated/α-hetero) is 1. The lowest BCUT2D eigenvalue weighted by atomic mass is 9.43. The van der Waals surface area contributed by atoms with Crippen molar-refractivity contribution in [1.82, 2.24) is 14.8 Å². The minimum Gasteiger partial charge on any atom is -0.481 e. The maximum Gasteiger partial charge on any atom is 0.309 e. The Balaban J connectivity index is 1.40. The van der Waals surface area contributed by atoms with Gasteiger partial charge in [-0.15, -0.1) is 0 Å². The number of ether oxygens (including phenoxy) is 1. The Bertz CT molecular complexity index is 1670. The van der Waals surface area contributed by atoms with Gasteiger partial charge < -0.3 is 19.8 Å². The Morgan fingerprint density at radius 2 is 1.73 bits per heavy atom. The molecule has 0 radical (unpaired) electrons. The number of nitrogens with zero attached hydrogens (tertiary/aromatic N) is 3. The summed E-state index contributed by atoms with van der Waals surface area (Å²) in [5.41, 5.74) is 0.775. The first-order valence-corrected chi connectivity index (χ1v) is 21.2. The molecule has 4 aliphatic rings. The Morgan fingerprint density at radius 3 is 2.32 bits per heavy atom. The zero-order valence-electron chi connectivity index (χ0n) is 36.2. The first-order chi connectivity index (χ1) is 26.0. The molecule has 0 aromatic carbocycles. The summed E-state index contributed by atoms with van der Waals surface area (Å²) >= 11 is 0.